The molecular formula is C20H13FN2OS. The summed E-state index contributed by atoms with van der Waals surface area (Å²) in [4.78, 5) is 18.4. The van der Waals surface area contributed by atoms with Crippen molar-refractivity contribution in [3.63, 3.8) is 0 Å². The van der Waals surface area contributed by atoms with E-state index in [0.29, 0.717) is 5.56 Å². The van der Waals surface area contributed by atoms with Crippen molar-refractivity contribution in [2.45, 2.75) is 0 Å². The smallest absolute Gasteiger partial charge is 0.256 e. The molecule has 4 rings (SSSR count). The number of rotatable bonds is 3. The number of aromatic nitrogens is 1. The van der Waals surface area contributed by atoms with Gasteiger partial charge in [-0.15, -0.1) is 11.3 Å². The Morgan fingerprint density at radius 2 is 1.80 bits per heavy atom. The molecule has 25 heavy (non-hydrogen) atoms. The molecule has 0 aliphatic heterocycles. The second-order valence-corrected chi connectivity index (χ2v) is 6.43. The van der Waals surface area contributed by atoms with Gasteiger partial charge >= 0.3 is 0 Å². The van der Waals surface area contributed by atoms with E-state index in [1.807, 2.05) is 41.8 Å². The molecule has 0 fully saturated rings. The number of pyridine rings is 1. The molecule has 0 bridgehead atoms. The van der Waals surface area contributed by atoms with Crippen molar-refractivity contribution >= 4 is 33.8 Å². The molecule has 0 atom stereocenters. The third-order valence-corrected chi connectivity index (χ3v) is 4.75. The number of para-hydroxylation sites is 2. The maximum atomic E-state index is 13.9. The number of nitrogens with zero attached hydrogens (tertiary/aromatic N) is 1. The van der Waals surface area contributed by atoms with Crippen LogP contribution in [-0.4, -0.2) is 10.9 Å². The number of anilines is 1. The lowest BCUT2D eigenvalue weighted by molar-refractivity contribution is 0.102. The Hall–Kier alpha value is -3.05. The van der Waals surface area contributed by atoms with E-state index in [2.05, 4.69) is 10.3 Å². The highest BCUT2D eigenvalue weighted by Crippen LogP contribution is 2.28. The second-order valence-electron chi connectivity index (χ2n) is 5.48. The van der Waals surface area contributed by atoms with Gasteiger partial charge in [-0.1, -0.05) is 36.4 Å². The molecule has 1 N–H and O–H groups in total. The van der Waals surface area contributed by atoms with Crippen LogP contribution in [0.5, 0.6) is 0 Å². The van der Waals surface area contributed by atoms with Crippen LogP contribution in [0.4, 0.5) is 10.1 Å². The van der Waals surface area contributed by atoms with E-state index in [1.165, 1.54) is 12.1 Å². The molecule has 0 saturated heterocycles. The Morgan fingerprint density at radius 3 is 2.60 bits per heavy atom. The summed E-state index contributed by atoms with van der Waals surface area (Å²) in [6.45, 7) is 0. The van der Waals surface area contributed by atoms with Crippen molar-refractivity contribution in [2.24, 2.45) is 0 Å². The second kappa shape index (κ2) is 6.45. The predicted molar refractivity (Wildman–Crippen MR) is 99.4 cm³/mol. The van der Waals surface area contributed by atoms with Gasteiger partial charge in [-0.25, -0.2) is 9.37 Å². The molecule has 0 unspecified atom stereocenters. The van der Waals surface area contributed by atoms with Gasteiger partial charge in [0.1, 0.15) is 5.82 Å². The summed E-state index contributed by atoms with van der Waals surface area (Å²) < 4.78 is 13.9. The molecule has 0 saturated carbocycles. The number of carbonyl (C=O) groups excluding carboxylic acids is 1. The Balaban J connectivity index is 1.82. The summed E-state index contributed by atoms with van der Waals surface area (Å²) >= 11 is 1.56. The Morgan fingerprint density at radius 1 is 1.00 bits per heavy atom. The van der Waals surface area contributed by atoms with Crippen molar-refractivity contribution in [1.82, 2.24) is 4.98 Å². The average Bonchev–Trinajstić information content (AvgIpc) is 3.17. The number of hydrogen-bond donors (Lipinski definition) is 1. The fourth-order valence-electron chi connectivity index (χ4n) is 2.67. The summed E-state index contributed by atoms with van der Waals surface area (Å²) in [5.41, 5.74) is 2.09. The van der Waals surface area contributed by atoms with Crippen LogP contribution in [0.2, 0.25) is 0 Å². The molecule has 122 valence electrons. The standard InChI is InChI=1S/C20H13FN2OS/c21-15-7-2-4-9-17(15)23-20(24)14-12-18(19-10-5-11-25-19)22-16-8-3-1-6-13(14)16/h1-12H,(H,23,24). The van der Waals surface area contributed by atoms with E-state index in [4.69, 9.17) is 0 Å². The van der Waals surface area contributed by atoms with E-state index in [0.717, 1.165) is 21.5 Å². The number of fused-ring (bicyclic) bond motifs is 1. The highest BCUT2D eigenvalue weighted by Gasteiger charge is 2.15. The number of amides is 1. The van der Waals surface area contributed by atoms with E-state index in [-0.39, 0.29) is 11.6 Å². The maximum absolute atomic E-state index is 13.9. The topological polar surface area (TPSA) is 42.0 Å². The van der Waals surface area contributed by atoms with Crippen molar-refractivity contribution in [3.05, 3.63) is 83.5 Å². The van der Waals surface area contributed by atoms with Gasteiger partial charge in [0.05, 0.1) is 27.3 Å². The zero-order valence-electron chi connectivity index (χ0n) is 13.1. The minimum Gasteiger partial charge on any atom is -0.319 e. The first-order chi connectivity index (χ1) is 12.2. The van der Waals surface area contributed by atoms with Gasteiger partial charge in [0.25, 0.3) is 5.91 Å². The number of halogens is 1. The van der Waals surface area contributed by atoms with E-state index in [9.17, 15) is 9.18 Å². The average molecular weight is 348 g/mol. The lowest BCUT2D eigenvalue weighted by atomic mass is 10.1. The highest BCUT2D eigenvalue weighted by atomic mass is 32.1. The first-order valence-electron chi connectivity index (χ1n) is 7.72. The molecule has 5 heteroatoms. The van der Waals surface area contributed by atoms with Crippen molar-refractivity contribution in [3.8, 4) is 10.6 Å². The van der Waals surface area contributed by atoms with Gasteiger partial charge in [0, 0.05) is 5.39 Å². The van der Waals surface area contributed by atoms with Crippen LogP contribution in [0.3, 0.4) is 0 Å². The van der Waals surface area contributed by atoms with Gasteiger partial charge in [-0.3, -0.25) is 4.79 Å². The zero-order valence-corrected chi connectivity index (χ0v) is 13.9. The molecule has 2 heterocycles. The molecule has 0 aliphatic rings. The lowest BCUT2D eigenvalue weighted by Gasteiger charge is -2.10. The number of hydrogen-bond acceptors (Lipinski definition) is 3. The van der Waals surface area contributed by atoms with Crippen LogP contribution < -0.4 is 5.32 Å². The molecule has 0 radical (unpaired) electrons. The summed E-state index contributed by atoms with van der Waals surface area (Å²) in [7, 11) is 0. The van der Waals surface area contributed by atoms with E-state index < -0.39 is 5.82 Å². The van der Waals surface area contributed by atoms with Gasteiger partial charge in [-0.05, 0) is 35.7 Å². The van der Waals surface area contributed by atoms with Crippen LogP contribution in [0.1, 0.15) is 10.4 Å². The molecular weight excluding hydrogens is 335 g/mol. The fourth-order valence-corrected chi connectivity index (χ4v) is 3.35. The minimum absolute atomic E-state index is 0.158. The third-order valence-electron chi connectivity index (χ3n) is 3.86. The third kappa shape index (κ3) is 3.02. The van der Waals surface area contributed by atoms with Gasteiger partial charge in [0.15, 0.2) is 0 Å². The normalized spacial score (nSPS) is 10.8. The molecule has 0 aliphatic carbocycles. The monoisotopic (exact) mass is 348 g/mol. The van der Waals surface area contributed by atoms with E-state index in [1.54, 1.807) is 29.5 Å². The summed E-state index contributed by atoms with van der Waals surface area (Å²) in [6, 6.07) is 19.2. The van der Waals surface area contributed by atoms with Gasteiger partial charge in [-0.2, -0.15) is 0 Å². The molecule has 2 aromatic heterocycles. The lowest BCUT2D eigenvalue weighted by Crippen LogP contribution is -2.14. The molecule has 1 amide bonds. The van der Waals surface area contributed by atoms with Crippen LogP contribution in [0.15, 0.2) is 72.1 Å². The van der Waals surface area contributed by atoms with Crippen LogP contribution in [0, 0.1) is 5.82 Å². The first-order valence-corrected chi connectivity index (χ1v) is 8.60. The number of nitrogens with one attached hydrogen (secondary N) is 1. The number of carbonyl (C=O) groups is 1. The molecule has 3 nitrogen and oxygen atoms in total. The molecule has 2 aromatic carbocycles. The van der Waals surface area contributed by atoms with Crippen molar-refractivity contribution in [1.29, 1.82) is 0 Å². The minimum atomic E-state index is -0.465. The van der Waals surface area contributed by atoms with Crippen LogP contribution >= 0.6 is 11.3 Å². The van der Waals surface area contributed by atoms with Crippen LogP contribution in [0.25, 0.3) is 21.5 Å². The molecule has 4 aromatic rings. The predicted octanol–water partition coefficient (Wildman–Crippen LogP) is 5.35. The van der Waals surface area contributed by atoms with Crippen molar-refractivity contribution in [2.75, 3.05) is 5.32 Å². The number of benzene rings is 2. The largest absolute Gasteiger partial charge is 0.319 e. The van der Waals surface area contributed by atoms with E-state index >= 15 is 0 Å². The SMILES string of the molecule is O=C(Nc1ccccc1F)c1cc(-c2cccs2)nc2ccccc12. The van der Waals surface area contributed by atoms with Gasteiger partial charge in [0.2, 0.25) is 0 Å². The zero-order chi connectivity index (χ0) is 17.2. The Kier molecular flexibility index (Phi) is 3.99. The van der Waals surface area contributed by atoms with Crippen molar-refractivity contribution < 1.29 is 9.18 Å². The van der Waals surface area contributed by atoms with Gasteiger partial charge < -0.3 is 5.32 Å². The Labute approximate surface area is 147 Å². The fraction of sp³-hybridized carbons (Fsp3) is 0. The summed E-state index contributed by atoms with van der Waals surface area (Å²) in [5.74, 6) is -0.825. The summed E-state index contributed by atoms with van der Waals surface area (Å²) in [5, 5.41) is 5.35. The quantitative estimate of drug-likeness (QED) is 0.542. The number of thiophene rings is 1. The Bertz CT molecular complexity index is 1060. The maximum Gasteiger partial charge on any atom is 0.256 e. The first kappa shape index (κ1) is 15.5. The molecule has 0 spiro atoms. The van der Waals surface area contributed by atoms with Crippen LogP contribution in [-0.2, 0) is 0 Å². The highest BCUT2D eigenvalue weighted by molar-refractivity contribution is 7.13. The summed E-state index contributed by atoms with van der Waals surface area (Å²) in [6.07, 6.45) is 0.